The Hall–Kier alpha value is -1.66. The number of aromatic nitrogens is 1. The van der Waals surface area contributed by atoms with Crippen LogP contribution in [0.15, 0.2) is 21.9 Å². The van der Waals surface area contributed by atoms with Gasteiger partial charge in [-0.05, 0) is 36.8 Å². The van der Waals surface area contributed by atoms with Crippen LogP contribution in [0.2, 0.25) is 0 Å². The molecule has 0 atom stereocenters. The van der Waals surface area contributed by atoms with Crippen LogP contribution in [0.4, 0.5) is 0 Å². The standard InChI is InChI=1S/C20H29N3O2S/c1-15-16(21-19(25-15)17-6-5-13-26-17)14-18(24)23-11-9-22(10-12-23)8-7-20(2,3)4/h5-6,13H,7-12,14H2,1-4H3. The summed E-state index contributed by atoms with van der Waals surface area (Å²) in [6.07, 6.45) is 1.51. The Morgan fingerprint density at radius 1 is 1.27 bits per heavy atom. The fourth-order valence-corrected chi connectivity index (χ4v) is 3.72. The number of carbonyl (C=O) groups excluding carboxylic acids is 1. The van der Waals surface area contributed by atoms with Gasteiger partial charge in [0.25, 0.3) is 0 Å². The molecule has 3 rings (SSSR count). The highest BCUT2D eigenvalue weighted by atomic mass is 32.1. The number of hydrogen-bond acceptors (Lipinski definition) is 5. The Labute approximate surface area is 160 Å². The summed E-state index contributed by atoms with van der Waals surface area (Å²) in [6, 6.07) is 3.96. The molecule has 0 radical (unpaired) electrons. The molecular formula is C20H29N3O2S. The fraction of sp³-hybridized carbons (Fsp3) is 0.600. The number of nitrogens with zero attached hydrogens (tertiary/aromatic N) is 3. The van der Waals surface area contributed by atoms with Crippen LogP contribution in [0.5, 0.6) is 0 Å². The first kappa shape index (κ1) is 19.1. The van der Waals surface area contributed by atoms with Crippen molar-refractivity contribution in [1.82, 2.24) is 14.8 Å². The molecule has 1 saturated heterocycles. The van der Waals surface area contributed by atoms with E-state index in [0.717, 1.165) is 49.1 Å². The van der Waals surface area contributed by atoms with Crippen molar-refractivity contribution in [2.24, 2.45) is 5.41 Å². The van der Waals surface area contributed by atoms with Gasteiger partial charge in [-0.2, -0.15) is 0 Å². The van der Waals surface area contributed by atoms with Crippen molar-refractivity contribution < 1.29 is 9.21 Å². The average Bonchev–Trinajstić information content (AvgIpc) is 3.23. The molecule has 5 nitrogen and oxygen atoms in total. The van der Waals surface area contributed by atoms with Crippen LogP contribution in [-0.4, -0.2) is 53.4 Å². The zero-order valence-electron chi connectivity index (χ0n) is 16.2. The Kier molecular flexibility index (Phi) is 5.82. The molecule has 2 aromatic rings. The predicted molar refractivity (Wildman–Crippen MR) is 105 cm³/mol. The van der Waals surface area contributed by atoms with Gasteiger partial charge >= 0.3 is 0 Å². The topological polar surface area (TPSA) is 49.6 Å². The zero-order valence-corrected chi connectivity index (χ0v) is 17.1. The van der Waals surface area contributed by atoms with Crippen LogP contribution in [0.3, 0.4) is 0 Å². The Balaban J connectivity index is 1.52. The third kappa shape index (κ3) is 4.95. The summed E-state index contributed by atoms with van der Waals surface area (Å²) in [4.78, 5) is 22.6. The monoisotopic (exact) mass is 375 g/mol. The molecule has 0 N–H and O–H groups in total. The van der Waals surface area contributed by atoms with E-state index in [4.69, 9.17) is 4.42 Å². The van der Waals surface area contributed by atoms with E-state index < -0.39 is 0 Å². The molecule has 1 aliphatic rings. The number of thiophene rings is 1. The highest BCUT2D eigenvalue weighted by Gasteiger charge is 2.24. The Bertz CT molecular complexity index is 723. The van der Waals surface area contributed by atoms with E-state index in [0.29, 0.717) is 17.7 Å². The number of carbonyl (C=O) groups is 1. The van der Waals surface area contributed by atoms with Gasteiger partial charge in [0.1, 0.15) is 5.76 Å². The second kappa shape index (κ2) is 7.92. The van der Waals surface area contributed by atoms with Crippen LogP contribution in [0.1, 0.15) is 38.6 Å². The van der Waals surface area contributed by atoms with Gasteiger partial charge < -0.3 is 9.32 Å². The molecule has 0 bridgehead atoms. The number of rotatable bonds is 5. The minimum absolute atomic E-state index is 0.148. The average molecular weight is 376 g/mol. The molecule has 1 aliphatic heterocycles. The first-order valence-electron chi connectivity index (χ1n) is 9.32. The van der Waals surface area contributed by atoms with Gasteiger partial charge in [0, 0.05) is 26.2 Å². The summed E-state index contributed by atoms with van der Waals surface area (Å²) in [6.45, 7) is 13.3. The second-order valence-corrected chi connectivity index (χ2v) is 9.16. The van der Waals surface area contributed by atoms with E-state index in [1.165, 1.54) is 6.42 Å². The molecule has 3 heterocycles. The van der Waals surface area contributed by atoms with Crippen LogP contribution in [0.25, 0.3) is 10.8 Å². The van der Waals surface area contributed by atoms with Gasteiger partial charge in [0.2, 0.25) is 11.8 Å². The molecular weight excluding hydrogens is 346 g/mol. The Morgan fingerprint density at radius 3 is 2.62 bits per heavy atom. The fourth-order valence-electron chi connectivity index (χ4n) is 3.07. The number of piperazine rings is 1. The molecule has 26 heavy (non-hydrogen) atoms. The zero-order chi connectivity index (χ0) is 18.7. The molecule has 0 spiro atoms. The largest absolute Gasteiger partial charge is 0.440 e. The molecule has 1 amide bonds. The number of hydrogen-bond donors (Lipinski definition) is 0. The lowest BCUT2D eigenvalue weighted by molar-refractivity contribution is -0.132. The summed E-state index contributed by atoms with van der Waals surface area (Å²) in [5.74, 6) is 1.51. The number of oxazole rings is 1. The summed E-state index contributed by atoms with van der Waals surface area (Å²) in [5.41, 5.74) is 1.12. The van der Waals surface area contributed by atoms with Crippen LogP contribution < -0.4 is 0 Å². The predicted octanol–water partition coefficient (Wildman–Crippen LogP) is 3.83. The van der Waals surface area contributed by atoms with E-state index in [9.17, 15) is 4.79 Å². The van der Waals surface area contributed by atoms with E-state index in [2.05, 4.69) is 30.7 Å². The van der Waals surface area contributed by atoms with Gasteiger partial charge in [-0.3, -0.25) is 9.69 Å². The lowest BCUT2D eigenvalue weighted by Gasteiger charge is -2.36. The maximum Gasteiger partial charge on any atom is 0.236 e. The minimum Gasteiger partial charge on any atom is -0.440 e. The van der Waals surface area contributed by atoms with Crippen molar-refractivity contribution in [3.05, 3.63) is 29.0 Å². The van der Waals surface area contributed by atoms with Gasteiger partial charge in [-0.25, -0.2) is 4.98 Å². The van der Waals surface area contributed by atoms with Gasteiger partial charge in [0.05, 0.1) is 17.0 Å². The highest BCUT2D eigenvalue weighted by molar-refractivity contribution is 7.13. The smallest absolute Gasteiger partial charge is 0.236 e. The lowest BCUT2D eigenvalue weighted by atomic mass is 9.92. The molecule has 1 fully saturated rings. The summed E-state index contributed by atoms with van der Waals surface area (Å²) in [5, 5.41) is 2.00. The molecule has 6 heteroatoms. The van der Waals surface area contributed by atoms with Crippen LogP contribution in [0, 0.1) is 12.3 Å². The summed E-state index contributed by atoms with van der Waals surface area (Å²) in [7, 11) is 0. The summed E-state index contributed by atoms with van der Waals surface area (Å²) >= 11 is 1.59. The molecule has 2 aromatic heterocycles. The Morgan fingerprint density at radius 2 is 2.00 bits per heavy atom. The van der Waals surface area contributed by atoms with E-state index in [1.54, 1.807) is 11.3 Å². The van der Waals surface area contributed by atoms with Crippen molar-refractivity contribution >= 4 is 17.2 Å². The quantitative estimate of drug-likeness (QED) is 0.797. The first-order valence-corrected chi connectivity index (χ1v) is 10.2. The minimum atomic E-state index is 0.148. The lowest BCUT2D eigenvalue weighted by Crippen LogP contribution is -2.49. The van der Waals surface area contributed by atoms with Crippen molar-refractivity contribution in [3.63, 3.8) is 0 Å². The van der Waals surface area contributed by atoms with Crippen LogP contribution in [-0.2, 0) is 11.2 Å². The number of amides is 1. The summed E-state index contributed by atoms with van der Waals surface area (Å²) < 4.78 is 5.75. The third-order valence-corrected chi connectivity index (χ3v) is 5.70. The maximum absolute atomic E-state index is 12.7. The van der Waals surface area contributed by atoms with E-state index >= 15 is 0 Å². The second-order valence-electron chi connectivity index (χ2n) is 8.21. The van der Waals surface area contributed by atoms with Crippen molar-refractivity contribution in [1.29, 1.82) is 0 Å². The molecule has 0 aromatic carbocycles. The maximum atomic E-state index is 12.7. The molecule has 0 aliphatic carbocycles. The number of aryl methyl sites for hydroxylation is 1. The van der Waals surface area contributed by atoms with Crippen molar-refractivity contribution in [2.75, 3.05) is 32.7 Å². The first-order chi connectivity index (χ1) is 12.3. The van der Waals surface area contributed by atoms with Crippen molar-refractivity contribution in [3.8, 4) is 10.8 Å². The van der Waals surface area contributed by atoms with Gasteiger partial charge in [-0.15, -0.1) is 11.3 Å². The normalized spacial score (nSPS) is 16.2. The third-order valence-electron chi connectivity index (χ3n) is 4.85. The SMILES string of the molecule is Cc1oc(-c2cccs2)nc1CC(=O)N1CCN(CCC(C)(C)C)CC1. The van der Waals surface area contributed by atoms with Gasteiger partial charge in [0.15, 0.2) is 0 Å². The highest BCUT2D eigenvalue weighted by Crippen LogP contribution is 2.26. The van der Waals surface area contributed by atoms with Gasteiger partial charge in [-0.1, -0.05) is 26.8 Å². The molecule has 0 saturated carbocycles. The van der Waals surface area contributed by atoms with E-state index in [1.807, 2.05) is 29.3 Å². The molecule has 142 valence electrons. The van der Waals surface area contributed by atoms with Crippen LogP contribution >= 0.6 is 11.3 Å². The van der Waals surface area contributed by atoms with Crippen molar-refractivity contribution in [2.45, 2.75) is 40.5 Å². The molecule has 0 unspecified atom stereocenters. The van der Waals surface area contributed by atoms with E-state index in [-0.39, 0.29) is 5.91 Å².